The van der Waals surface area contributed by atoms with Crippen LogP contribution in [0.5, 0.6) is 0 Å². The maximum Gasteiger partial charge on any atom is 0.355 e. The molecule has 0 aliphatic heterocycles. The van der Waals surface area contributed by atoms with Crippen molar-refractivity contribution in [3.8, 4) is 0 Å². The van der Waals surface area contributed by atoms with E-state index in [1.54, 1.807) is 0 Å². The maximum atomic E-state index is 11.0. The Morgan fingerprint density at radius 1 is 1.31 bits per heavy atom. The Morgan fingerprint density at radius 2 is 1.94 bits per heavy atom. The second kappa shape index (κ2) is 6.24. The Bertz CT molecular complexity index is 375. The zero-order valence-electron chi connectivity index (χ0n) is 8.39. The average Bonchev–Trinajstić information content (AvgIpc) is 2.24. The molecule has 0 heterocycles. The normalized spacial score (nSPS) is 13.9. The van der Waals surface area contributed by atoms with Crippen molar-refractivity contribution in [2.24, 2.45) is 0 Å². The Kier molecular flexibility index (Phi) is 5.26. The highest BCUT2D eigenvalue weighted by molar-refractivity contribution is 7.52. The van der Waals surface area contributed by atoms with Gasteiger partial charge in [-0.15, -0.1) is 0 Å². The predicted octanol–water partition coefficient (Wildman–Crippen LogP) is 2.35. The molecule has 0 radical (unpaired) electrons. The molecule has 0 saturated heterocycles. The second-order valence-corrected chi connectivity index (χ2v) is 5.36. The van der Waals surface area contributed by atoms with Gasteiger partial charge in [0.15, 0.2) is 5.85 Å². The molecule has 2 N–H and O–H groups in total. The van der Waals surface area contributed by atoms with Crippen molar-refractivity contribution in [1.82, 2.24) is 0 Å². The molecule has 0 aliphatic carbocycles. The lowest BCUT2D eigenvalue weighted by atomic mass is 10.1. The topological polar surface area (TPSA) is 83.8 Å². The fourth-order valence-corrected chi connectivity index (χ4v) is 2.54. The lowest BCUT2D eigenvalue weighted by Crippen LogP contribution is -2.09. The van der Waals surface area contributed by atoms with Gasteiger partial charge in [-0.2, -0.15) is 0 Å². The number of rotatable bonds is 6. The van der Waals surface area contributed by atoms with E-state index in [1.807, 2.05) is 30.3 Å². The highest BCUT2D eigenvalue weighted by atomic mass is 31.2. The zero-order chi connectivity index (χ0) is 12.0. The van der Waals surface area contributed by atoms with Crippen molar-refractivity contribution in [3.05, 3.63) is 35.9 Å². The van der Waals surface area contributed by atoms with Crippen molar-refractivity contribution >= 4 is 16.3 Å². The van der Waals surface area contributed by atoms with Crippen molar-refractivity contribution in [1.29, 1.82) is 0 Å². The number of hydrogen-bond donors (Lipinski definition) is 2. The van der Waals surface area contributed by atoms with E-state index in [1.165, 1.54) is 0 Å². The first-order valence-corrected chi connectivity index (χ1v) is 7.03. The molecule has 0 spiro atoms. The molecule has 1 atom stereocenters. The van der Waals surface area contributed by atoms with Crippen LogP contribution in [0.25, 0.3) is 0 Å². The van der Waals surface area contributed by atoms with Gasteiger partial charge in [0.1, 0.15) is 0 Å². The lowest BCUT2D eigenvalue weighted by Gasteiger charge is -2.14. The second-order valence-electron chi connectivity index (χ2n) is 3.25. The summed E-state index contributed by atoms with van der Waals surface area (Å²) in [5, 5.41) is 0. The molecule has 0 saturated carbocycles. The smallest absolute Gasteiger partial charge is 0.323 e. The van der Waals surface area contributed by atoms with E-state index < -0.39 is 22.1 Å². The van der Waals surface area contributed by atoms with Crippen LogP contribution in [0.3, 0.4) is 0 Å². The van der Waals surface area contributed by atoms with Gasteiger partial charge in [-0.1, -0.05) is 30.3 Å². The third-order valence-electron chi connectivity index (χ3n) is 2.06. The Morgan fingerprint density at radius 3 is 2.44 bits per heavy atom. The van der Waals surface area contributed by atoms with E-state index >= 15 is 0 Å². The summed E-state index contributed by atoms with van der Waals surface area (Å²) in [7, 11) is -5.08. The molecule has 0 aliphatic rings. The van der Waals surface area contributed by atoms with Gasteiger partial charge in [-0.25, -0.2) is 4.57 Å². The molecule has 1 unspecified atom stereocenters. The standard InChI is InChI=1S/C9H12O5P2/c10-15-14-9(16(11,12)13)7-6-8-4-2-1-3-5-8/h1-5,9H,6-7H2,(H2,11,12,13). The molecular weight excluding hydrogens is 250 g/mol. The van der Waals surface area contributed by atoms with Crippen LogP contribution in [0, 0.1) is 0 Å². The third-order valence-corrected chi connectivity index (χ3v) is 3.68. The monoisotopic (exact) mass is 262 g/mol. The van der Waals surface area contributed by atoms with Crippen molar-refractivity contribution < 1.29 is 23.4 Å². The van der Waals surface area contributed by atoms with Crippen molar-refractivity contribution in [3.63, 3.8) is 0 Å². The summed E-state index contributed by atoms with van der Waals surface area (Å²) >= 11 is 0. The number of aryl methyl sites for hydroxylation is 1. The molecule has 1 rings (SSSR count). The first-order chi connectivity index (χ1) is 7.54. The van der Waals surface area contributed by atoms with Gasteiger partial charge in [0.2, 0.25) is 0 Å². The van der Waals surface area contributed by atoms with Crippen LogP contribution in [0.4, 0.5) is 0 Å². The van der Waals surface area contributed by atoms with Crippen LogP contribution < -0.4 is 0 Å². The summed E-state index contributed by atoms with van der Waals surface area (Å²) in [5.74, 6) is -1.31. The summed E-state index contributed by atoms with van der Waals surface area (Å²) in [5.41, 5.74) is 0.951. The average molecular weight is 262 g/mol. The Hall–Kier alpha value is -0.570. The van der Waals surface area contributed by atoms with Crippen LogP contribution in [-0.4, -0.2) is 15.6 Å². The lowest BCUT2D eigenvalue weighted by molar-refractivity contribution is 0.231. The molecule has 7 heteroatoms. The van der Waals surface area contributed by atoms with E-state index in [0.29, 0.717) is 6.42 Å². The minimum absolute atomic E-state index is 0.129. The highest BCUT2D eigenvalue weighted by Gasteiger charge is 2.29. The maximum absolute atomic E-state index is 11.0. The number of benzene rings is 1. The van der Waals surface area contributed by atoms with E-state index in [0.717, 1.165) is 5.56 Å². The first-order valence-electron chi connectivity index (χ1n) is 4.61. The Labute approximate surface area is 94.9 Å². The van der Waals surface area contributed by atoms with Gasteiger partial charge in [0.25, 0.3) is 0 Å². The Balaban J connectivity index is 2.57. The quantitative estimate of drug-likeness (QED) is 0.769. The number of hydrogen-bond acceptors (Lipinski definition) is 3. The fraction of sp³-hybridized carbons (Fsp3) is 0.333. The van der Waals surface area contributed by atoms with E-state index in [2.05, 4.69) is 4.52 Å². The minimum atomic E-state index is -4.36. The van der Waals surface area contributed by atoms with Crippen LogP contribution in [-0.2, 0) is 20.1 Å². The van der Waals surface area contributed by atoms with Crippen molar-refractivity contribution in [2.75, 3.05) is 0 Å². The van der Waals surface area contributed by atoms with Crippen LogP contribution >= 0.6 is 16.3 Å². The van der Waals surface area contributed by atoms with Gasteiger partial charge in [-0.05, 0) is 18.4 Å². The highest BCUT2D eigenvalue weighted by Crippen LogP contribution is 2.45. The first kappa shape index (κ1) is 13.5. The van der Waals surface area contributed by atoms with E-state index in [-0.39, 0.29) is 6.42 Å². The molecule has 0 bridgehead atoms. The van der Waals surface area contributed by atoms with Gasteiger partial charge >= 0.3 is 16.3 Å². The summed E-state index contributed by atoms with van der Waals surface area (Å²) in [6, 6.07) is 9.25. The summed E-state index contributed by atoms with van der Waals surface area (Å²) < 4.78 is 25.7. The van der Waals surface area contributed by atoms with Crippen LogP contribution in [0.1, 0.15) is 12.0 Å². The summed E-state index contributed by atoms with van der Waals surface area (Å²) in [6.45, 7) is 0. The molecule has 16 heavy (non-hydrogen) atoms. The molecule has 88 valence electrons. The van der Waals surface area contributed by atoms with E-state index in [4.69, 9.17) is 9.79 Å². The largest absolute Gasteiger partial charge is 0.355 e. The van der Waals surface area contributed by atoms with Crippen molar-refractivity contribution in [2.45, 2.75) is 18.7 Å². The van der Waals surface area contributed by atoms with E-state index in [9.17, 15) is 9.13 Å². The molecular formula is C9H12O5P2. The molecule has 5 nitrogen and oxygen atoms in total. The molecule has 0 amide bonds. The minimum Gasteiger partial charge on any atom is -0.323 e. The molecule has 0 aromatic heterocycles. The SMILES string of the molecule is O=POC(CCc1ccccc1)P(=O)(O)O. The van der Waals surface area contributed by atoms with Gasteiger partial charge in [0, 0.05) is 0 Å². The van der Waals surface area contributed by atoms with Crippen LogP contribution in [0.15, 0.2) is 30.3 Å². The molecule has 1 aromatic rings. The summed E-state index contributed by atoms with van der Waals surface area (Å²) in [6.07, 6.45) is 0.593. The predicted molar refractivity (Wildman–Crippen MR) is 59.3 cm³/mol. The molecule has 0 fully saturated rings. The zero-order valence-corrected chi connectivity index (χ0v) is 10.2. The van der Waals surface area contributed by atoms with Crippen LogP contribution in [0.2, 0.25) is 0 Å². The van der Waals surface area contributed by atoms with Gasteiger partial charge in [-0.3, -0.25) is 9.09 Å². The summed E-state index contributed by atoms with van der Waals surface area (Å²) in [4.78, 5) is 17.9. The third kappa shape index (κ3) is 4.52. The van der Waals surface area contributed by atoms with Gasteiger partial charge in [0.05, 0.1) is 0 Å². The molecule has 1 aromatic carbocycles. The fourth-order valence-electron chi connectivity index (χ4n) is 1.27. The van der Waals surface area contributed by atoms with Gasteiger partial charge < -0.3 is 9.79 Å².